The topological polar surface area (TPSA) is 77.5 Å². The number of fused-ring (bicyclic) bond motifs is 1. The van der Waals surface area contributed by atoms with Crippen LogP contribution < -0.4 is 10.1 Å². The molecule has 1 aromatic heterocycles. The summed E-state index contributed by atoms with van der Waals surface area (Å²) in [6, 6.07) is 12.1. The second-order valence-corrected chi connectivity index (χ2v) is 6.16. The first-order valence-corrected chi connectivity index (χ1v) is 8.44. The van der Waals surface area contributed by atoms with E-state index in [0.717, 1.165) is 10.2 Å². The zero-order valence-corrected chi connectivity index (χ0v) is 14.5. The molecule has 0 radical (unpaired) electrons. The van der Waals surface area contributed by atoms with Gasteiger partial charge in [-0.05, 0) is 37.3 Å². The minimum absolute atomic E-state index is 0.383. The van der Waals surface area contributed by atoms with Gasteiger partial charge in [-0.25, -0.2) is 9.78 Å². The van der Waals surface area contributed by atoms with Crippen molar-refractivity contribution in [2.45, 2.75) is 13.0 Å². The highest BCUT2D eigenvalue weighted by molar-refractivity contribution is 7.16. The number of anilines is 1. The Labute approximate surface area is 148 Å². The van der Waals surface area contributed by atoms with Crippen molar-refractivity contribution < 1.29 is 19.1 Å². The lowest BCUT2D eigenvalue weighted by molar-refractivity contribution is -0.123. The van der Waals surface area contributed by atoms with E-state index in [4.69, 9.17) is 9.47 Å². The van der Waals surface area contributed by atoms with Crippen molar-refractivity contribution in [2.75, 3.05) is 12.4 Å². The number of rotatable bonds is 5. The third-order valence-electron chi connectivity index (χ3n) is 3.58. The third-order valence-corrected chi connectivity index (χ3v) is 4.38. The summed E-state index contributed by atoms with van der Waals surface area (Å²) in [6.07, 6.45) is -0.949. The number of methoxy groups -OCH3 is 1. The van der Waals surface area contributed by atoms with Gasteiger partial charge in [-0.2, -0.15) is 0 Å². The molecular formula is C18H16N2O4S. The van der Waals surface area contributed by atoms with Crippen molar-refractivity contribution in [3.8, 4) is 5.75 Å². The fourth-order valence-corrected chi connectivity index (χ4v) is 2.96. The molecule has 3 aromatic rings. The lowest BCUT2D eigenvalue weighted by Crippen LogP contribution is -2.30. The van der Waals surface area contributed by atoms with Crippen LogP contribution in [0, 0.1) is 0 Å². The maximum Gasteiger partial charge on any atom is 0.338 e. The number of carbonyl (C=O) groups excluding carboxylic acids is 2. The molecular weight excluding hydrogens is 340 g/mol. The van der Waals surface area contributed by atoms with Crippen LogP contribution in [-0.2, 0) is 9.53 Å². The summed E-state index contributed by atoms with van der Waals surface area (Å²) in [4.78, 5) is 28.7. The number of carbonyl (C=O) groups is 2. The van der Waals surface area contributed by atoms with E-state index in [0.29, 0.717) is 17.0 Å². The zero-order valence-electron chi connectivity index (χ0n) is 13.7. The number of thiazole rings is 1. The van der Waals surface area contributed by atoms with Gasteiger partial charge in [0.25, 0.3) is 5.91 Å². The fourth-order valence-electron chi connectivity index (χ4n) is 2.25. The molecule has 1 amide bonds. The van der Waals surface area contributed by atoms with E-state index in [-0.39, 0.29) is 0 Å². The second kappa shape index (κ2) is 7.31. The van der Waals surface area contributed by atoms with Gasteiger partial charge in [0.15, 0.2) is 6.10 Å². The molecule has 0 fully saturated rings. The molecule has 0 spiro atoms. The van der Waals surface area contributed by atoms with Crippen LogP contribution in [0.5, 0.6) is 5.75 Å². The molecule has 1 N–H and O–H groups in total. The van der Waals surface area contributed by atoms with Crippen LogP contribution in [0.15, 0.2) is 48.0 Å². The molecule has 7 heteroatoms. The molecule has 0 bridgehead atoms. The monoisotopic (exact) mass is 356 g/mol. The zero-order chi connectivity index (χ0) is 17.8. The average molecular weight is 356 g/mol. The minimum Gasteiger partial charge on any atom is -0.495 e. The van der Waals surface area contributed by atoms with E-state index >= 15 is 0 Å². The van der Waals surface area contributed by atoms with Crippen molar-refractivity contribution >= 4 is 39.1 Å². The SMILES string of the molecule is COc1ccccc1NC(=O)[C@H](C)OC(=O)c1ccc2ncsc2c1. The Bertz CT molecular complexity index is 922. The predicted octanol–water partition coefficient (Wildman–Crippen LogP) is 3.49. The first-order chi connectivity index (χ1) is 12.1. The molecule has 1 heterocycles. The molecule has 0 saturated heterocycles. The van der Waals surface area contributed by atoms with E-state index in [9.17, 15) is 9.59 Å². The molecule has 0 aliphatic rings. The van der Waals surface area contributed by atoms with Crippen molar-refractivity contribution in [3.05, 3.63) is 53.5 Å². The number of hydrogen-bond acceptors (Lipinski definition) is 6. The van der Waals surface area contributed by atoms with Crippen molar-refractivity contribution in [1.82, 2.24) is 4.98 Å². The molecule has 25 heavy (non-hydrogen) atoms. The lowest BCUT2D eigenvalue weighted by atomic mass is 10.2. The van der Waals surface area contributed by atoms with Crippen LogP contribution in [-0.4, -0.2) is 30.1 Å². The number of hydrogen-bond donors (Lipinski definition) is 1. The summed E-state index contributed by atoms with van der Waals surface area (Å²) in [5.74, 6) is -0.459. The lowest BCUT2D eigenvalue weighted by Gasteiger charge is -2.15. The van der Waals surface area contributed by atoms with Gasteiger partial charge < -0.3 is 14.8 Å². The Hall–Kier alpha value is -2.93. The minimum atomic E-state index is -0.949. The van der Waals surface area contributed by atoms with Crippen molar-refractivity contribution in [1.29, 1.82) is 0 Å². The molecule has 0 aliphatic carbocycles. The van der Waals surface area contributed by atoms with Crippen LogP contribution in [0.4, 0.5) is 5.69 Å². The second-order valence-electron chi connectivity index (χ2n) is 5.27. The molecule has 1 atom stereocenters. The quantitative estimate of drug-likeness (QED) is 0.708. The van der Waals surface area contributed by atoms with E-state index < -0.39 is 18.0 Å². The number of para-hydroxylation sites is 2. The first kappa shape index (κ1) is 16.9. The van der Waals surface area contributed by atoms with Gasteiger partial charge in [-0.3, -0.25) is 4.79 Å². The first-order valence-electron chi connectivity index (χ1n) is 7.56. The van der Waals surface area contributed by atoms with Crippen LogP contribution in [0.25, 0.3) is 10.2 Å². The highest BCUT2D eigenvalue weighted by atomic mass is 32.1. The van der Waals surface area contributed by atoms with Gasteiger partial charge in [-0.15, -0.1) is 11.3 Å². The van der Waals surface area contributed by atoms with Gasteiger partial charge in [-0.1, -0.05) is 12.1 Å². The highest BCUT2D eigenvalue weighted by Gasteiger charge is 2.20. The standard InChI is InChI=1S/C18H16N2O4S/c1-11(17(21)20-13-5-3-4-6-15(13)23-2)24-18(22)12-7-8-14-16(9-12)25-10-19-14/h3-11H,1-2H3,(H,20,21)/t11-/m0/s1. The number of benzene rings is 2. The molecule has 6 nitrogen and oxygen atoms in total. The summed E-state index contributed by atoms with van der Waals surface area (Å²) < 4.78 is 11.3. The number of nitrogens with one attached hydrogen (secondary N) is 1. The Morgan fingerprint density at radius 3 is 2.80 bits per heavy atom. The Kier molecular flexibility index (Phi) is 4.95. The summed E-state index contributed by atoms with van der Waals surface area (Å²) in [5, 5.41) is 2.69. The maximum atomic E-state index is 12.3. The molecule has 3 rings (SSSR count). The number of amides is 1. The highest BCUT2D eigenvalue weighted by Crippen LogP contribution is 2.23. The summed E-state index contributed by atoms with van der Waals surface area (Å²) in [6.45, 7) is 1.52. The average Bonchev–Trinajstić information content (AvgIpc) is 3.09. The summed E-state index contributed by atoms with van der Waals surface area (Å²) in [5.41, 5.74) is 3.43. The molecule has 0 aliphatic heterocycles. The number of esters is 1. The van der Waals surface area contributed by atoms with Crippen molar-refractivity contribution in [2.24, 2.45) is 0 Å². The largest absolute Gasteiger partial charge is 0.495 e. The van der Waals surface area contributed by atoms with Crippen LogP contribution >= 0.6 is 11.3 Å². The fraction of sp³-hybridized carbons (Fsp3) is 0.167. The number of ether oxygens (including phenoxy) is 2. The molecule has 0 saturated carbocycles. The predicted molar refractivity (Wildman–Crippen MR) is 96.1 cm³/mol. The maximum absolute atomic E-state index is 12.3. The molecule has 2 aromatic carbocycles. The van der Waals surface area contributed by atoms with Crippen LogP contribution in [0.2, 0.25) is 0 Å². The van der Waals surface area contributed by atoms with Crippen LogP contribution in [0.1, 0.15) is 17.3 Å². The Balaban J connectivity index is 1.67. The van der Waals surface area contributed by atoms with Crippen LogP contribution in [0.3, 0.4) is 0 Å². The van der Waals surface area contributed by atoms with Gasteiger partial charge in [0.2, 0.25) is 0 Å². The smallest absolute Gasteiger partial charge is 0.338 e. The molecule has 128 valence electrons. The van der Waals surface area contributed by atoms with Crippen molar-refractivity contribution in [3.63, 3.8) is 0 Å². The van der Waals surface area contributed by atoms with E-state index in [2.05, 4.69) is 10.3 Å². The van der Waals surface area contributed by atoms with E-state index in [1.54, 1.807) is 48.0 Å². The van der Waals surface area contributed by atoms with E-state index in [1.807, 2.05) is 0 Å². The molecule has 0 unspecified atom stereocenters. The van der Waals surface area contributed by atoms with Gasteiger partial charge in [0, 0.05) is 0 Å². The van der Waals surface area contributed by atoms with E-state index in [1.165, 1.54) is 25.4 Å². The van der Waals surface area contributed by atoms with Gasteiger partial charge in [0.05, 0.1) is 34.1 Å². The Morgan fingerprint density at radius 1 is 1.20 bits per heavy atom. The summed E-state index contributed by atoms with van der Waals surface area (Å²) in [7, 11) is 1.52. The number of aromatic nitrogens is 1. The van der Waals surface area contributed by atoms with Gasteiger partial charge >= 0.3 is 5.97 Å². The Morgan fingerprint density at radius 2 is 2.00 bits per heavy atom. The van der Waals surface area contributed by atoms with Gasteiger partial charge in [0.1, 0.15) is 5.75 Å². The summed E-state index contributed by atoms with van der Waals surface area (Å²) >= 11 is 1.44. The number of nitrogens with zero attached hydrogens (tertiary/aromatic N) is 1. The third kappa shape index (κ3) is 3.77. The normalized spacial score (nSPS) is 11.8.